The van der Waals surface area contributed by atoms with Crippen molar-refractivity contribution in [2.45, 2.75) is 81.9 Å². The summed E-state index contributed by atoms with van der Waals surface area (Å²) in [5.74, 6) is -1.91. The SMILES string of the molecule is CC(C)(C)OC(=O)N[C@@H]1CCCN(c2nc(NCC(c3ccccc3)c3ccccc3)c3ncn([C@@H]4O[C@H](COC(=O)C(F)(F)F)[C@@H](O)[C@H]4O)c3n2)C1. The van der Waals surface area contributed by atoms with Crippen molar-refractivity contribution in [1.82, 2.24) is 24.8 Å². The van der Waals surface area contributed by atoms with Gasteiger partial charge in [0.15, 0.2) is 23.2 Å². The molecule has 2 aliphatic rings. The molecule has 17 heteroatoms. The maximum absolute atomic E-state index is 12.8. The van der Waals surface area contributed by atoms with Crippen LogP contribution in [0.25, 0.3) is 11.2 Å². The summed E-state index contributed by atoms with van der Waals surface area (Å²) in [4.78, 5) is 40.1. The average Bonchev–Trinajstić information content (AvgIpc) is 3.66. The predicted molar refractivity (Wildman–Crippen MR) is 186 cm³/mol. The first kappa shape index (κ1) is 37.7. The van der Waals surface area contributed by atoms with E-state index >= 15 is 0 Å². The lowest BCUT2D eigenvalue weighted by Gasteiger charge is -2.33. The highest BCUT2D eigenvalue weighted by atomic mass is 19.4. The molecule has 2 aliphatic heterocycles. The summed E-state index contributed by atoms with van der Waals surface area (Å²) in [7, 11) is 0. The van der Waals surface area contributed by atoms with Gasteiger partial charge in [-0.25, -0.2) is 14.6 Å². The van der Waals surface area contributed by atoms with Crippen LogP contribution >= 0.6 is 0 Å². The molecule has 2 fully saturated rings. The van der Waals surface area contributed by atoms with Gasteiger partial charge < -0.3 is 40.0 Å². The number of imidazole rings is 1. The number of piperidine rings is 1. The van der Waals surface area contributed by atoms with E-state index in [1.165, 1.54) is 10.9 Å². The number of benzene rings is 2. The Morgan fingerprint density at radius 3 is 2.28 bits per heavy atom. The Balaban J connectivity index is 1.32. The molecule has 4 N–H and O–H groups in total. The second-order valence-corrected chi connectivity index (χ2v) is 14.0. The van der Waals surface area contributed by atoms with Gasteiger partial charge in [-0.05, 0) is 44.7 Å². The summed E-state index contributed by atoms with van der Waals surface area (Å²) < 4.78 is 55.2. The fourth-order valence-electron chi connectivity index (χ4n) is 6.44. The fourth-order valence-corrected chi connectivity index (χ4v) is 6.44. The van der Waals surface area contributed by atoms with Gasteiger partial charge in [-0.2, -0.15) is 23.1 Å². The van der Waals surface area contributed by atoms with Crippen molar-refractivity contribution < 1.29 is 47.2 Å². The number of carbonyl (C=O) groups excluding carboxylic acids is 2. The number of esters is 1. The predicted octanol–water partition coefficient (Wildman–Crippen LogP) is 4.29. The van der Waals surface area contributed by atoms with Crippen LogP contribution in [0.15, 0.2) is 67.0 Å². The topological polar surface area (TPSA) is 173 Å². The zero-order chi connectivity index (χ0) is 37.9. The monoisotopic (exact) mass is 741 g/mol. The number of hydrogen-bond donors (Lipinski definition) is 4. The zero-order valence-corrected chi connectivity index (χ0v) is 29.4. The zero-order valence-electron chi connectivity index (χ0n) is 29.4. The molecular formula is C36H42F3N7O7. The second kappa shape index (κ2) is 15.5. The summed E-state index contributed by atoms with van der Waals surface area (Å²) in [5.41, 5.74) is 1.93. The van der Waals surface area contributed by atoms with Crippen LogP contribution in [0.5, 0.6) is 0 Å². The van der Waals surface area contributed by atoms with Crippen molar-refractivity contribution in [1.29, 1.82) is 0 Å². The van der Waals surface area contributed by atoms with E-state index in [1.54, 1.807) is 20.8 Å². The van der Waals surface area contributed by atoms with E-state index in [4.69, 9.17) is 19.4 Å². The number of carbonyl (C=O) groups is 2. The Morgan fingerprint density at radius 1 is 1.00 bits per heavy atom. The summed E-state index contributed by atoms with van der Waals surface area (Å²) >= 11 is 0. The minimum absolute atomic E-state index is 0.0966. The Kier molecular flexibility index (Phi) is 11.1. The van der Waals surface area contributed by atoms with Gasteiger partial charge in [-0.1, -0.05) is 60.7 Å². The lowest BCUT2D eigenvalue weighted by atomic mass is 9.91. The van der Waals surface area contributed by atoms with Crippen LogP contribution in [0.3, 0.4) is 0 Å². The van der Waals surface area contributed by atoms with Gasteiger partial charge in [0.1, 0.15) is 30.5 Å². The van der Waals surface area contributed by atoms with Gasteiger partial charge in [0.25, 0.3) is 0 Å². The number of aliphatic hydroxyl groups is 2. The van der Waals surface area contributed by atoms with Crippen molar-refractivity contribution in [3.8, 4) is 0 Å². The molecule has 0 radical (unpaired) electrons. The molecule has 284 valence electrons. The minimum Gasteiger partial charge on any atom is -0.456 e. The molecule has 14 nitrogen and oxygen atoms in total. The highest BCUT2D eigenvalue weighted by Crippen LogP contribution is 2.35. The third-order valence-corrected chi connectivity index (χ3v) is 8.93. The number of alkyl carbamates (subject to hydrolysis) is 1. The van der Waals surface area contributed by atoms with Gasteiger partial charge in [-0.15, -0.1) is 0 Å². The molecule has 2 aromatic carbocycles. The number of nitrogens with zero attached hydrogens (tertiary/aromatic N) is 5. The first-order chi connectivity index (χ1) is 25.2. The maximum Gasteiger partial charge on any atom is 0.490 e. The third-order valence-electron chi connectivity index (χ3n) is 8.93. The molecule has 4 heterocycles. The van der Waals surface area contributed by atoms with E-state index < -0.39 is 55.0 Å². The molecule has 6 rings (SSSR count). The molecule has 0 unspecified atom stereocenters. The standard InChI is InChI=1S/C36H42F3N7O7/c1-35(2,3)53-34(50)42-23-15-10-16-45(18-23)33-43-29(40-17-24(21-11-6-4-7-12-21)22-13-8-5-9-14-22)26-30(44-33)46(20-41-26)31-28(48)27(47)25(52-31)19-51-32(49)36(37,38)39/h4-9,11-14,20,23-25,27-28,31,47-48H,10,15-19H2,1-3H3,(H,42,50)(H,40,43,44)/t23-,25-,27-,28-,31-/m1/s1. The Bertz CT molecular complexity index is 1830. The first-order valence-electron chi connectivity index (χ1n) is 17.3. The molecule has 2 aromatic heterocycles. The second-order valence-electron chi connectivity index (χ2n) is 14.0. The van der Waals surface area contributed by atoms with Crippen LogP contribution in [-0.2, 0) is 19.0 Å². The van der Waals surface area contributed by atoms with Gasteiger partial charge in [-0.3, -0.25) is 4.57 Å². The highest BCUT2D eigenvalue weighted by molar-refractivity contribution is 5.84. The van der Waals surface area contributed by atoms with E-state index in [1.807, 2.05) is 65.6 Å². The number of aliphatic hydroxyl groups excluding tert-OH is 2. The van der Waals surface area contributed by atoms with Crippen molar-refractivity contribution in [2.75, 3.05) is 36.5 Å². The van der Waals surface area contributed by atoms with Crippen LogP contribution < -0.4 is 15.5 Å². The molecule has 0 aliphatic carbocycles. The number of aromatic nitrogens is 4. The molecule has 53 heavy (non-hydrogen) atoms. The van der Waals surface area contributed by atoms with E-state index in [-0.39, 0.29) is 23.6 Å². The summed E-state index contributed by atoms with van der Waals surface area (Å²) in [6.07, 6.45) is -9.24. The molecule has 0 saturated carbocycles. The molecule has 0 bridgehead atoms. The number of rotatable bonds is 10. The van der Waals surface area contributed by atoms with E-state index in [0.29, 0.717) is 43.8 Å². The van der Waals surface area contributed by atoms with E-state index in [2.05, 4.69) is 20.4 Å². The molecule has 1 amide bonds. The summed E-state index contributed by atoms with van der Waals surface area (Å²) in [6.45, 7) is 5.68. The van der Waals surface area contributed by atoms with Crippen molar-refractivity contribution >= 4 is 35.0 Å². The quantitative estimate of drug-likeness (QED) is 0.170. The number of nitrogens with one attached hydrogen (secondary N) is 2. The smallest absolute Gasteiger partial charge is 0.456 e. The van der Waals surface area contributed by atoms with Crippen molar-refractivity contribution in [3.05, 3.63) is 78.1 Å². The lowest BCUT2D eigenvalue weighted by Crippen LogP contribution is -2.49. The highest BCUT2D eigenvalue weighted by Gasteiger charge is 2.47. The number of anilines is 2. The largest absolute Gasteiger partial charge is 0.490 e. The van der Waals surface area contributed by atoms with Gasteiger partial charge >= 0.3 is 18.2 Å². The molecular weight excluding hydrogens is 699 g/mol. The number of hydrogen-bond acceptors (Lipinski definition) is 12. The number of ether oxygens (including phenoxy) is 3. The summed E-state index contributed by atoms with van der Waals surface area (Å²) in [6, 6.07) is 19.6. The van der Waals surface area contributed by atoms with E-state index in [0.717, 1.165) is 11.1 Å². The molecule has 2 saturated heterocycles. The fraction of sp³-hybridized carbons (Fsp3) is 0.472. The maximum atomic E-state index is 12.8. The molecule has 0 spiro atoms. The van der Waals surface area contributed by atoms with Crippen LogP contribution in [0, 0.1) is 0 Å². The first-order valence-corrected chi connectivity index (χ1v) is 17.3. The average molecular weight is 742 g/mol. The van der Waals surface area contributed by atoms with Crippen molar-refractivity contribution in [2.24, 2.45) is 0 Å². The van der Waals surface area contributed by atoms with Crippen LogP contribution in [-0.4, -0.2) is 104 Å². The summed E-state index contributed by atoms with van der Waals surface area (Å²) in [5, 5.41) is 28.0. The lowest BCUT2D eigenvalue weighted by molar-refractivity contribution is -0.203. The minimum atomic E-state index is -5.24. The van der Waals surface area contributed by atoms with Crippen LogP contribution in [0.1, 0.15) is 56.9 Å². The Morgan fingerprint density at radius 2 is 1.66 bits per heavy atom. The molecule has 5 atom stereocenters. The Hall–Kier alpha value is -5.00. The van der Waals surface area contributed by atoms with Crippen molar-refractivity contribution in [3.63, 3.8) is 0 Å². The van der Waals surface area contributed by atoms with Gasteiger partial charge in [0.2, 0.25) is 5.95 Å². The molecule has 4 aromatic rings. The van der Waals surface area contributed by atoms with Crippen LogP contribution in [0.2, 0.25) is 0 Å². The third kappa shape index (κ3) is 8.97. The van der Waals surface area contributed by atoms with Crippen LogP contribution in [0.4, 0.5) is 29.7 Å². The van der Waals surface area contributed by atoms with Gasteiger partial charge in [0, 0.05) is 31.6 Å². The number of halogens is 3. The number of amides is 1. The number of fused-ring (bicyclic) bond motifs is 1. The number of alkyl halides is 3. The normalized spacial score (nSPS) is 22.2. The van der Waals surface area contributed by atoms with Gasteiger partial charge in [0.05, 0.1) is 6.33 Å². The van der Waals surface area contributed by atoms with E-state index in [9.17, 15) is 33.0 Å². The Labute approximate surface area is 303 Å².